The average Bonchev–Trinajstić information content (AvgIpc) is 2.26. The first kappa shape index (κ1) is 11.0. The van der Waals surface area contributed by atoms with Crippen LogP contribution in [0.15, 0.2) is 18.3 Å². The SMILES string of the molecule is CNC(=O)NCc1ccnc(C(=O)O)c1. The fourth-order valence-corrected chi connectivity index (χ4v) is 0.972. The molecule has 0 atom stereocenters. The van der Waals surface area contributed by atoms with Gasteiger partial charge in [0, 0.05) is 19.8 Å². The van der Waals surface area contributed by atoms with Crippen molar-refractivity contribution in [2.45, 2.75) is 6.54 Å². The molecule has 3 N–H and O–H groups in total. The molecule has 0 saturated carbocycles. The standard InChI is InChI=1S/C9H11N3O3/c1-10-9(15)12-5-6-2-3-11-7(4-6)8(13)14/h2-4H,5H2,1H3,(H,13,14)(H2,10,12,15). The lowest BCUT2D eigenvalue weighted by atomic mass is 10.2. The molecule has 1 heterocycles. The molecule has 0 aliphatic carbocycles. The molecule has 80 valence electrons. The van der Waals surface area contributed by atoms with Gasteiger partial charge in [-0.15, -0.1) is 0 Å². The second kappa shape index (κ2) is 4.94. The molecule has 1 aromatic heterocycles. The second-order valence-corrected chi connectivity index (χ2v) is 2.79. The maximum absolute atomic E-state index is 10.8. The molecule has 0 bridgehead atoms. The highest BCUT2D eigenvalue weighted by Gasteiger charge is 2.05. The Bertz CT molecular complexity index is 379. The molecule has 2 amide bonds. The summed E-state index contributed by atoms with van der Waals surface area (Å²) in [5.41, 5.74) is 0.650. The van der Waals surface area contributed by atoms with Gasteiger partial charge in [-0.05, 0) is 17.7 Å². The van der Waals surface area contributed by atoms with Gasteiger partial charge >= 0.3 is 12.0 Å². The fourth-order valence-electron chi connectivity index (χ4n) is 0.972. The predicted octanol–water partition coefficient (Wildman–Crippen LogP) is 0.209. The van der Waals surface area contributed by atoms with Crippen molar-refractivity contribution in [2.75, 3.05) is 7.05 Å². The Labute approximate surface area is 86.3 Å². The van der Waals surface area contributed by atoms with Gasteiger partial charge in [0.15, 0.2) is 0 Å². The van der Waals surface area contributed by atoms with Crippen LogP contribution in [0.25, 0.3) is 0 Å². The zero-order chi connectivity index (χ0) is 11.3. The van der Waals surface area contributed by atoms with Gasteiger partial charge in [0.25, 0.3) is 0 Å². The number of carboxylic acids is 1. The van der Waals surface area contributed by atoms with E-state index in [0.717, 1.165) is 0 Å². The van der Waals surface area contributed by atoms with Gasteiger partial charge in [-0.2, -0.15) is 0 Å². The summed E-state index contributed by atoms with van der Waals surface area (Å²) >= 11 is 0. The Hall–Kier alpha value is -2.11. The van der Waals surface area contributed by atoms with Crippen LogP contribution in [0.4, 0.5) is 4.79 Å². The zero-order valence-electron chi connectivity index (χ0n) is 8.15. The Balaban J connectivity index is 2.66. The summed E-state index contributed by atoms with van der Waals surface area (Å²) in [6, 6.07) is 2.74. The number of amides is 2. The lowest BCUT2D eigenvalue weighted by Gasteiger charge is -2.04. The number of carbonyl (C=O) groups excluding carboxylic acids is 1. The molecule has 0 unspecified atom stereocenters. The maximum atomic E-state index is 10.8. The van der Waals surface area contributed by atoms with Gasteiger partial charge in [0.2, 0.25) is 0 Å². The van der Waals surface area contributed by atoms with Crippen LogP contribution in [0.2, 0.25) is 0 Å². The van der Waals surface area contributed by atoms with Crippen LogP contribution in [-0.2, 0) is 6.54 Å². The third kappa shape index (κ3) is 3.26. The minimum atomic E-state index is -1.09. The smallest absolute Gasteiger partial charge is 0.354 e. The maximum Gasteiger partial charge on any atom is 0.354 e. The van der Waals surface area contributed by atoms with Gasteiger partial charge < -0.3 is 15.7 Å². The number of aromatic nitrogens is 1. The Kier molecular flexibility index (Phi) is 3.61. The number of nitrogens with one attached hydrogen (secondary N) is 2. The lowest BCUT2D eigenvalue weighted by molar-refractivity contribution is 0.0690. The van der Waals surface area contributed by atoms with Crippen LogP contribution < -0.4 is 10.6 Å². The van der Waals surface area contributed by atoms with Gasteiger partial charge in [0.1, 0.15) is 5.69 Å². The number of aromatic carboxylic acids is 1. The molecule has 0 aliphatic heterocycles. The van der Waals surface area contributed by atoms with E-state index in [1.54, 1.807) is 6.07 Å². The van der Waals surface area contributed by atoms with E-state index >= 15 is 0 Å². The van der Waals surface area contributed by atoms with E-state index in [2.05, 4.69) is 15.6 Å². The normalized spacial score (nSPS) is 9.40. The van der Waals surface area contributed by atoms with Crippen molar-refractivity contribution in [2.24, 2.45) is 0 Å². The second-order valence-electron chi connectivity index (χ2n) is 2.79. The molecule has 0 fully saturated rings. The largest absolute Gasteiger partial charge is 0.477 e. The Morgan fingerprint density at radius 2 is 2.27 bits per heavy atom. The number of hydrogen-bond acceptors (Lipinski definition) is 3. The van der Waals surface area contributed by atoms with Crippen LogP contribution in [0.5, 0.6) is 0 Å². The summed E-state index contributed by atoms with van der Waals surface area (Å²) < 4.78 is 0. The topological polar surface area (TPSA) is 91.3 Å². The van der Waals surface area contributed by atoms with E-state index in [-0.39, 0.29) is 18.3 Å². The number of nitrogens with zero attached hydrogens (tertiary/aromatic N) is 1. The highest BCUT2D eigenvalue weighted by atomic mass is 16.4. The lowest BCUT2D eigenvalue weighted by Crippen LogP contribution is -2.32. The Morgan fingerprint density at radius 1 is 1.53 bits per heavy atom. The number of pyridine rings is 1. The van der Waals surface area contributed by atoms with Gasteiger partial charge in [0.05, 0.1) is 0 Å². The van der Waals surface area contributed by atoms with Crippen molar-refractivity contribution in [1.29, 1.82) is 0 Å². The highest BCUT2D eigenvalue weighted by molar-refractivity contribution is 5.85. The van der Waals surface area contributed by atoms with E-state index in [0.29, 0.717) is 5.56 Å². The number of hydrogen-bond donors (Lipinski definition) is 3. The summed E-state index contributed by atoms with van der Waals surface area (Å²) in [6.45, 7) is 0.266. The third-order valence-electron chi connectivity index (χ3n) is 1.72. The van der Waals surface area contributed by atoms with Crippen molar-refractivity contribution in [3.05, 3.63) is 29.6 Å². The summed E-state index contributed by atoms with van der Waals surface area (Å²) in [4.78, 5) is 25.1. The molecule has 6 nitrogen and oxygen atoms in total. The predicted molar refractivity (Wildman–Crippen MR) is 52.5 cm³/mol. The van der Waals surface area contributed by atoms with Gasteiger partial charge in [-0.3, -0.25) is 0 Å². The average molecular weight is 209 g/mol. The van der Waals surface area contributed by atoms with Crippen molar-refractivity contribution in [3.8, 4) is 0 Å². The number of carbonyl (C=O) groups is 2. The van der Waals surface area contributed by atoms with Crippen molar-refractivity contribution < 1.29 is 14.7 Å². The summed E-state index contributed by atoms with van der Waals surface area (Å²) in [5.74, 6) is -1.09. The van der Waals surface area contributed by atoms with Gasteiger partial charge in [-0.25, -0.2) is 14.6 Å². The molecule has 15 heavy (non-hydrogen) atoms. The molecule has 0 radical (unpaired) electrons. The third-order valence-corrected chi connectivity index (χ3v) is 1.72. The first-order valence-electron chi connectivity index (χ1n) is 4.27. The molecular weight excluding hydrogens is 198 g/mol. The molecule has 0 spiro atoms. The number of urea groups is 1. The monoisotopic (exact) mass is 209 g/mol. The van der Waals surface area contributed by atoms with Crippen molar-refractivity contribution >= 4 is 12.0 Å². The molecular formula is C9H11N3O3. The van der Waals surface area contributed by atoms with Crippen LogP contribution >= 0.6 is 0 Å². The summed E-state index contributed by atoms with van der Waals surface area (Å²) in [7, 11) is 1.50. The van der Waals surface area contributed by atoms with Gasteiger partial charge in [-0.1, -0.05) is 0 Å². The highest BCUT2D eigenvalue weighted by Crippen LogP contribution is 2.01. The minimum Gasteiger partial charge on any atom is -0.477 e. The molecule has 1 rings (SSSR count). The quantitative estimate of drug-likeness (QED) is 0.663. The summed E-state index contributed by atoms with van der Waals surface area (Å²) in [5, 5.41) is 13.6. The van der Waals surface area contributed by atoms with Crippen molar-refractivity contribution in [3.63, 3.8) is 0 Å². The fraction of sp³-hybridized carbons (Fsp3) is 0.222. The molecule has 0 aromatic carbocycles. The van der Waals surface area contributed by atoms with E-state index in [4.69, 9.17) is 5.11 Å². The molecule has 1 aromatic rings. The number of carboxylic acid groups (broad SMARTS) is 1. The van der Waals surface area contributed by atoms with E-state index in [9.17, 15) is 9.59 Å². The first-order chi connectivity index (χ1) is 7.13. The molecule has 0 saturated heterocycles. The zero-order valence-corrected chi connectivity index (χ0v) is 8.15. The van der Waals surface area contributed by atoms with E-state index in [1.165, 1.54) is 19.3 Å². The minimum absolute atomic E-state index is 0.0359. The first-order valence-corrected chi connectivity index (χ1v) is 4.27. The van der Waals surface area contributed by atoms with Crippen LogP contribution in [-0.4, -0.2) is 29.1 Å². The van der Waals surface area contributed by atoms with Crippen LogP contribution in [0, 0.1) is 0 Å². The van der Waals surface area contributed by atoms with E-state index in [1.807, 2.05) is 0 Å². The van der Waals surface area contributed by atoms with Crippen molar-refractivity contribution in [1.82, 2.24) is 15.6 Å². The van der Waals surface area contributed by atoms with E-state index < -0.39 is 5.97 Å². The van der Waals surface area contributed by atoms with Crippen LogP contribution in [0.3, 0.4) is 0 Å². The Morgan fingerprint density at radius 3 is 2.87 bits per heavy atom. The summed E-state index contributed by atoms with van der Waals surface area (Å²) in [6.07, 6.45) is 1.39. The molecule has 0 aliphatic rings. The number of rotatable bonds is 3. The van der Waals surface area contributed by atoms with Crippen LogP contribution in [0.1, 0.15) is 16.1 Å². The molecule has 6 heteroatoms.